The molecule has 16 nitrogen and oxygen atoms in total. The first-order valence-electron chi connectivity index (χ1n) is 26.5. The molecule has 8 rings (SSSR count). The molecule has 3 fully saturated rings. The lowest BCUT2D eigenvalue weighted by atomic mass is 10.0. The monoisotopic (exact) mass is 1170 g/mol. The molecule has 5 aromatic rings. The predicted octanol–water partition coefficient (Wildman–Crippen LogP) is 9.42. The number of carbonyl (C=O) groups excluding carboxylic acids is 4. The van der Waals surface area contributed by atoms with E-state index in [2.05, 4.69) is 6.58 Å². The van der Waals surface area contributed by atoms with Gasteiger partial charge in [0.1, 0.15) is 10.00 Å². The van der Waals surface area contributed by atoms with Gasteiger partial charge in [-0.1, -0.05) is 107 Å². The summed E-state index contributed by atoms with van der Waals surface area (Å²) in [5.41, 5.74) is 5.58. The van der Waals surface area contributed by atoms with Crippen molar-refractivity contribution in [3.05, 3.63) is 185 Å². The van der Waals surface area contributed by atoms with Crippen molar-refractivity contribution in [3.8, 4) is 11.5 Å². The molecule has 0 amide bonds. The van der Waals surface area contributed by atoms with E-state index in [0.29, 0.717) is 47.7 Å². The highest BCUT2D eigenvalue weighted by Gasteiger charge is 2.66. The van der Waals surface area contributed by atoms with Crippen LogP contribution in [0.25, 0.3) is 0 Å². The van der Waals surface area contributed by atoms with Crippen molar-refractivity contribution < 1.29 is 73.2 Å². The van der Waals surface area contributed by atoms with E-state index >= 15 is 0 Å². The smallest absolute Gasteiger partial charge is 0.343 e. The lowest BCUT2D eigenvalue weighted by molar-refractivity contribution is -0.145. The molecule has 0 spiro atoms. The maximum absolute atomic E-state index is 13.6. The van der Waals surface area contributed by atoms with Crippen LogP contribution in [0.2, 0.25) is 0 Å². The molecule has 0 heterocycles. The highest BCUT2D eigenvalue weighted by molar-refractivity contribution is 7.93. The Morgan fingerprint density at radius 3 is 1.69 bits per heavy atom. The third-order valence-electron chi connectivity index (χ3n) is 13.9. The molecule has 3 aliphatic carbocycles. The summed E-state index contributed by atoms with van der Waals surface area (Å²) in [6.45, 7) is 15.3. The van der Waals surface area contributed by atoms with Gasteiger partial charge in [-0.15, -0.1) is 6.58 Å². The molecular formula is C62H70O16S3. The quantitative estimate of drug-likeness (QED) is 0.0294. The van der Waals surface area contributed by atoms with Gasteiger partial charge in [-0.25, -0.2) is 30.0 Å². The highest BCUT2D eigenvalue weighted by Crippen LogP contribution is 2.54. The van der Waals surface area contributed by atoms with E-state index in [1.165, 1.54) is 31.4 Å². The van der Waals surface area contributed by atoms with Gasteiger partial charge < -0.3 is 28.8 Å². The number of hydrogen-bond acceptors (Lipinski definition) is 16. The Morgan fingerprint density at radius 1 is 0.654 bits per heavy atom. The van der Waals surface area contributed by atoms with Gasteiger partial charge in [0.25, 0.3) is 0 Å². The molecule has 6 unspecified atom stereocenters. The second-order valence-corrected chi connectivity index (χ2v) is 26.2. The molecule has 0 bridgehead atoms. The number of methoxy groups -OCH3 is 1. The molecule has 1 N–H and O–H groups in total. The lowest BCUT2D eigenvalue weighted by Crippen LogP contribution is -2.33. The number of aliphatic hydroxyl groups is 1. The molecule has 5 aromatic carbocycles. The van der Waals surface area contributed by atoms with Crippen LogP contribution in [0.5, 0.6) is 11.5 Å². The van der Waals surface area contributed by atoms with Crippen molar-refractivity contribution in [2.45, 2.75) is 104 Å². The van der Waals surface area contributed by atoms with E-state index in [1.54, 1.807) is 136 Å². The lowest BCUT2D eigenvalue weighted by Gasteiger charge is -2.21. The van der Waals surface area contributed by atoms with Crippen LogP contribution in [-0.2, 0) is 64.5 Å². The molecule has 3 aliphatic rings. The molecule has 432 valence electrons. The molecule has 0 aromatic heterocycles. The van der Waals surface area contributed by atoms with Crippen molar-refractivity contribution in [2.24, 2.45) is 17.8 Å². The van der Waals surface area contributed by atoms with Gasteiger partial charge in [0, 0.05) is 0 Å². The Kier molecular flexibility index (Phi) is 21.4. The minimum Gasteiger partial charge on any atom is -0.493 e. The molecule has 3 saturated carbocycles. The Hall–Kier alpha value is -7.19. The van der Waals surface area contributed by atoms with Crippen LogP contribution in [0.4, 0.5) is 0 Å². The second kappa shape index (κ2) is 27.5. The number of benzene rings is 5. The average molecular weight is 1170 g/mol. The number of sulfone groups is 3. The summed E-state index contributed by atoms with van der Waals surface area (Å²) in [5, 5.41) is 9.97. The summed E-state index contributed by atoms with van der Waals surface area (Å²) >= 11 is 0. The first kappa shape index (κ1) is 63.0. The van der Waals surface area contributed by atoms with Crippen LogP contribution in [-0.4, -0.2) is 103 Å². The summed E-state index contributed by atoms with van der Waals surface area (Å²) in [6.07, 6.45) is 4.97. The fourth-order valence-corrected chi connectivity index (χ4v) is 13.7. The van der Waals surface area contributed by atoms with Crippen LogP contribution in [0, 0.1) is 38.5 Å². The maximum Gasteiger partial charge on any atom is 0.343 e. The summed E-state index contributed by atoms with van der Waals surface area (Å²) in [6, 6.07) is 33.5. The van der Waals surface area contributed by atoms with Crippen molar-refractivity contribution >= 4 is 53.4 Å². The molecule has 0 radical (unpaired) electrons. The fraction of sp³-hybridized carbons (Fsp3) is 0.355. The zero-order chi connectivity index (χ0) is 59.3. The van der Waals surface area contributed by atoms with Gasteiger partial charge >= 0.3 is 23.9 Å². The number of carbonyl (C=O) groups is 4. The second-order valence-electron chi connectivity index (χ2n) is 19.8. The van der Waals surface area contributed by atoms with Crippen molar-refractivity contribution in [1.29, 1.82) is 0 Å². The number of ether oxygens (including phenoxy) is 5. The highest BCUT2D eigenvalue weighted by atomic mass is 32.2. The van der Waals surface area contributed by atoms with Gasteiger partial charge in [0.15, 0.2) is 41.0 Å². The SMILES string of the molecule is C=CC1(S(=O)(=O)c2ccc(C)cc2)CC1C(=O)OCC.CCOC(=O)C1C/C1=C/C(C(O)CCc1ccc(OC(=O)c2ccccc2)c(OC)c1)S(=O)(=O)c1ccc(C)cc1.CCOC(=O)C1C/C1=C/CS(=O)(=O)c1ccc(C)cc1. The molecule has 0 aliphatic heterocycles. The number of aliphatic hydroxyl groups excluding tert-OH is 1. The van der Waals surface area contributed by atoms with Crippen LogP contribution >= 0.6 is 0 Å². The Bertz CT molecular complexity index is 3460. The molecule has 0 saturated heterocycles. The number of hydrogen-bond donors (Lipinski definition) is 1. The minimum absolute atomic E-state index is 0.0682. The van der Waals surface area contributed by atoms with Crippen LogP contribution in [0.3, 0.4) is 0 Å². The zero-order valence-electron chi connectivity index (χ0n) is 46.5. The van der Waals surface area contributed by atoms with E-state index in [9.17, 15) is 49.5 Å². The largest absolute Gasteiger partial charge is 0.493 e. The van der Waals surface area contributed by atoms with Gasteiger partial charge in [0.2, 0.25) is 0 Å². The Morgan fingerprint density at radius 2 is 1.16 bits per heavy atom. The summed E-state index contributed by atoms with van der Waals surface area (Å²) in [5.74, 6) is -2.49. The topological polar surface area (TPSA) is 237 Å². The van der Waals surface area contributed by atoms with Gasteiger partial charge in [-0.2, -0.15) is 0 Å². The average Bonchev–Trinajstić information content (AvgIpc) is 4.48. The number of rotatable bonds is 22. The van der Waals surface area contributed by atoms with Gasteiger partial charge in [-0.3, -0.25) is 14.4 Å². The molecular weight excluding hydrogens is 1100 g/mol. The van der Waals surface area contributed by atoms with Crippen molar-refractivity contribution in [2.75, 3.05) is 32.7 Å². The summed E-state index contributed by atoms with van der Waals surface area (Å²) < 4.78 is 102. The van der Waals surface area contributed by atoms with E-state index in [-0.39, 0.29) is 65.2 Å². The van der Waals surface area contributed by atoms with Crippen LogP contribution < -0.4 is 9.47 Å². The predicted molar refractivity (Wildman–Crippen MR) is 306 cm³/mol. The van der Waals surface area contributed by atoms with Gasteiger partial charge in [0.05, 0.1) is 76.8 Å². The van der Waals surface area contributed by atoms with Crippen molar-refractivity contribution in [1.82, 2.24) is 0 Å². The number of esters is 4. The summed E-state index contributed by atoms with van der Waals surface area (Å²) in [7, 11) is -9.45. The fourth-order valence-electron chi connectivity index (χ4n) is 8.80. The third-order valence-corrected chi connectivity index (χ3v) is 20.1. The van der Waals surface area contributed by atoms with E-state index in [1.807, 2.05) is 20.8 Å². The Balaban J connectivity index is 0.000000220. The molecule has 19 heteroatoms. The normalized spacial score (nSPS) is 19.7. The molecule has 81 heavy (non-hydrogen) atoms. The Labute approximate surface area is 475 Å². The summed E-state index contributed by atoms with van der Waals surface area (Å²) in [4.78, 5) is 48.5. The van der Waals surface area contributed by atoms with E-state index in [0.717, 1.165) is 27.8 Å². The van der Waals surface area contributed by atoms with Crippen LogP contribution in [0.1, 0.15) is 79.1 Å². The van der Waals surface area contributed by atoms with E-state index < -0.39 is 69.4 Å². The standard InChI is InChI=1S/C32H34O8S.2C15H18O4S/c1-4-39-32(35)26-19-24(26)20-30(41(36,37)25-14-10-21(2)11-15-25)27(33)16-12-22-13-17-28(29(18-22)38-3)40-31(34)23-8-6-5-7-9-23;1-4-15(10-13(15)14(16)19-5-2)20(17,18)12-8-6-11(3)7-9-12;1-3-19-15(16)14-10-12(14)8-9-20(17,18)13-6-4-11(2)5-7-13/h5-11,13-15,17-18,20,26-27,30,33H,4,12,16,19H2,1-3H3;4,6-9,13H,1,5,10H2,2-3H3;4-8,14H,3,9-10H2,1-2H3/b24-20-;;12-8-. The van der Waals surface area contributed by atoms with E-state index in [4.69, 9.17) is 23.7 Å². The maximum atomic E-state index is 13.6. The van der Waals surface area contributed by atoms with Crippen molar-refractivity contribution in [3.63, 3.8) is 0 Å². The van der Waals surface area contributed by atoms with Crippen LogP contribution in [0.15, 0.2) is 172 Å². The first-order chi connectivity index (χ1) is 38.5. The first-order valence-corrected chi connectivity index (χ1v) is 31.2. The zero-order valence-corrected chi connectivity index (χ0v) is 49.0. The third kappa shape index (κ3) is 16.1. The minimum atomic E-state index is -3.96. The molecule has 6 atom stereocenters. The number of aryl methyl sites for hydroxylation is 4. The van der Waals surface area contributed by atoms with Gasteiger partial charge in [-0.05, 0) is 140 Å².